The Morgan fingerprint density at radius 3 is 2.54 bits per heavy atom. The minimum Gasteiger partial charge on any atom is -0.384 e. The second kappa shape index (κ2) is 10.7. The van der Waals surface area contributed by atoms with Gasteiger partial charge in [-0.05, 0) is 56.0 Å². The summed E-state index contributed by atoms with van der Waals surface area (Å²) in [5.74, 6) is 0.873. The molecule has 3 rings (SSSR count). The van der Waals surface area contributed by atoms with Gasteiger partial charge in [0.05, 0.1) is 0 Å². The average Bonchev–Trinajstić information content (AvgIpc) is 2.73. The van der Waals surface area contributed by atoms with E-state index in [0.717, 1.165) is 58.3 Å². The van der Waals surface area contributed by atoms with Crippen molar-refractivity contribution in [2.45, 2.75) is 32.1 Å². The van der Waals surface area contributed by atoms with Gasteiger partial charge in [-0.25, -0.2) is 4.72 Å². The SMILES string of the molecule is COCC1CCN(S(=O)(=O)NC[C@H]2CCCN(CCc3ccccc3)C2)CC1. The number of nitrogens with zero attached hydrogens (tertiary/aromatic N) is 2. The molecule has 0 amide bonds. The number of benzene rings is 1. The molecule has 1 aromatic carbocycles. The van der Waals surface area contributed by atoms with Crippen LogP contribution in [-0.4, -0.2) is 70.6 Å². The van der Waals surface area contributed by atoms with Crippen LogP contribution in [0.4, 0.5) is 0 Å². The van der Waals surface area contributed by atoms with Crippen LogP contribution in [0.5, 0.6) is 0 Å². The molecule has 0 aliphatic carbocycles. The minimum atomic E-state index is -3.37. The fraction of sp³-hybridized carbons (Fsp3) is 0.714. The van der Waals surface area contributed by atoms with Gasteiger partial charge in [0.2, 0.25) is 0 Å². The molecule has 2 fully saturated rings. The zero-order valence-corrected chi connectivity index (χ0v) is 17.9. The summed E-state index contributed by atoms with van der Waals surface area (Å²) in [5.41, 5.74) is 1.36. The number of nitrogens with one attached hydrogen (secondary N) is 1. The Morgan fingerprint density at radius 2 is 1.82 bits per heavy atom. The second-order valence-electron chi connectivity index (χ2n) is 8.20. The molecule has 2 saturated heterocycles. The molecule has 1 aromatic rings. The van der Waals surface area contributed by atoms with E-state index in [1.54, 1.807) is 11.4 Å². The fourth-order valence-corrected chi connectivity index (χ4v) is 5.64. The van der Waals surface area contributed by atoms with E-state index in [4.69, 9.17) is 4.74 Å². The van der Waals surface area contributed by atoms with Crippen LogP contribution < -0.4 is 4.72 Å². The summed E-state index contributed by atoms with van der Waals surface area (Å²) in [6, 6.07) is 10.6. The monoisotopic (exact) mass is 409 g/mol. The number of methoxy groups -OCH3 is 1. The Balaban J connectivity index is 1.41. The summed E-state index contributed by atoms with van der Waals surface area (Å²) in [6.45, 7) is 5.59. The first-order valence-corrected chi connectivity index (χ1v) is 12.0. The molecular weight excluding hydrogens is 374 g/mol. The van der Waals surface area contributed by atoms with Gasteiger partial charge in [-0.1, -0.05) is 30.3 Å². The van der Waals surface area contributed by atoms with Gasteiger partial charge in [0.25, 0.3) is 10.2 Å². The number of piperidine rings is 2. The van der Waals surface area contributed by atoms with Gasteiger partial charge in [-0.15, -0.1) is 0 Å². The van der Waals surface area contributed by atoms with Gasteiger partial charge in [0.15, 0.2) is 0 Å². The molecule has 1 atom stereocenters. The van der Waals surface area contributed by atoms with Crippen molar-refractivity contribution in [1.82, 2.24) is 13.9 Å². The van der Waals surface area contributed by atoms with Crippen molar-refractivity contribution >= 4 is 10.2 Å². The summed E-state index contributed by atoms with van der Waals surface area (Å²) in [7, 11) is -1.66. The van der Waals surface area contributed by atoms with Crippen LogP contribution in [-0.2, 0) is 21.4 Å². The standard InChI is InChI=1S/C21H35N3O3S/c1-27-18-20-10-14-24(15-11-20)28(25,26)22-16-21-8-5-12-23(17-21)13-9-19-6-3-2-4-7-19/h2-4,6-7,20-22H,5,8-18H2,1H3/t21-/m1/s1. The molecule has 2 aliphatic heterocycles. The van der Waals surface area contributed by atoms with Crippen molar-refractivity contribution < 1.29 is 13.2 Å². The largest absolute Gasteiger partial charge is 0.384 e. The van der Waals surface area contributed by atoms with Gasteiger partial charge >= 0.3 is 0 Å². The van der Waals surface area contributed by atoms with E-state index in [-0.39, 0.29) is 0 Å². The first-order chi connectivity index (χ1) is 13.6. The van der Waals surface area contributed by atoms with Crippen molar-refractivity contribution in [3.63, 3.8) is 0 Å². The number of ether oxygens (including phenoxy) is 1. The van der Waals surface area contributed by atoms with E-state index in [9.17, 15) is 8.42 Å². The highest BCUT2D eigenvalue weighted by Gasteiger charge is 2.29. The van der Waals surface area contributed by atoms with Crippen molar-refractivity contribution in [1.29, 1.82) is 0 Å². The predicted octanol–water partition coefficient (Wildman–Crippen LogP) is 2.13. The third-order valence-electron chi connectivity index (χ3n) is 6.03. The number of hydrogen-bond donors (Lipinski definition) is 1. The van der Waals surface area contributed by atoms with Crippen LogP contribution in [0.1, 0.15) is 31.2 Å². The second-order valence-corrected chi connectivity index (χ2v) is 9.95. The zero-order chi connectivity index (χ0) is 19.8. The van der Waals surface area contributed by atoms with Crippen LogP contribution in [0.3, 0.4) is 0 Å². The van der Waals surface area contributed by atoms with E-state index in [0.29, 0.717) is 31.5 Å². The lowest BCUT2D eigenvalue weighted by molar-refractivity contribution is 0.121. The van der Waals surface area contributed by atoms with Gasteiger partial charge in [0, 0.05) is 46.4 Å². The van der Waals surface area contributed by atoms with Crippen LogP contribution in [0.25, 0.3) is 0 Å². The normalized spacial score (nSPS) is 23.1. The maximum atomic E-state index is 12.7. The molecule has 2 aliphatic rings. The molecular formula is C21H35N3O3S. The Labute approximate surface area is 170 Å². The van der Waals surface area contributed by atoms with Crippen molar-refractivity contribution in [3.05, 3.63) is 35.9 Å². The molecule has 0 unspecified atom stereocenters. The van der Waals surface area contributed by atoms with E-state index < -0.39 is 10.2 Å². The molecule has 1 N–H and O–H groups in total. The summed E-state index contributed by atoms with van der Waals surface area (Å²) in [4.78, 5) is 2.48. The van der Waals surface area contributed by atoms with Gasteiger partial charge in [-0.2, -0.15) is 12.7 Å². The number of hydrogen-bond acceptors (Lipinski definition) is 4. The molecule has 0 bridgehead atoms. The lowest BCUT2D eigenvalue weighted by Gasteiger charge is -2.34. The lowest BCUT2D eigenvalue weighted by atomic mass is 9.98. The van der Waals surface area contributed by atoms with Crippen LogP contribution >= 0.6 is 0 Å². The quantitative estimate of drug-likeness (QED) is 0.679. The van der Waals surface area contributed by atoms with Crippen molar-refractivity contribution in [3.8, 4) is 0 Å². The fourth-order valence-electron chi connectivity index (χ4n) is 4.32. The van der Waals surface area contributed by atoms with Crippen molar-refractivity contribution in [2.75, 3.05) is 53.0 Å². The first-order valence-electron chi connectivity index (χ1n) is 10.6. The maximum Gasteiger partial charge on any atom is 0.279 e. The van der Waals surface area contributed by atoms with Crippen LogP contribution in [0, 0.1) is 11.8 Å². The summed E-state index contributed by atoms with van der Waals surface area (Å²) >= 11 is 0. The molecule has 0 saturated carbocycles. The smallest absolute Gasteiger partial charge is 0.279 e. The number of likely N-dealkylation sites (tertiary alicyclic amines) is 1. The molecule has 7 heteroatoms. The lowest BCUT2D eigenvalue weighted by Crippen LogP contribution is -2.48. The minimum absolute atomic E-state index is 0.394. The predicted molar refractivity (Wildman–Crippen MR) is 112 cm³/mol. The van der Waals surface area contributed by atoms with Crippen molar-refractivity contribution in [2.24, 2.45) is 11.8 Å². The highest BCUT2D eigenvalue weighted by Crippen LogP contribution is 2.20. The molecule has 158 valence electrons. The number of rotatable bonds is 9. The van der Waals surface area contributed by atoms with E-state index in [1.165, 1.54) is 5.56 Å². The topological polar surface area (TPSA) is 61.9 Å². The van der Waals surface area contributed by atoms with E-state index in [2.05, 4.69) is 33.9 Å². The summed E-state index contributed by atoms with van der Waals surface area (Å²) < 4.78 is 35.0. The highest BCUT2D eigenvalue weighted by molar-refractivity contribution is 7.87. The summed E-state index contributed by atoms with van der Waals surface area (Å²) in [5, 5.41) is 0. The Hall–Kier alpha value is -0.990. The van der Waals surface area contributed by atoms with Gasteiger partial charge in [0.1, 0.15) is 0 Å². The van der Waals surface area contributed by atoms with E-state index in [1.807, 2.05) is 6.07 Å². The molecule has 28 heavy (non-hydrogen) atoms. The van der Waals surface area contributed by atoms with Gasteiger partial charge in [-0.3, -0.25) is 0 Å². The zero-order valence-electron chi connectivity index (χ0n) is 17.1. The van der Waals surface area contributed by atoms with Gasteiger partial charge < -0.3 is 9.64 Å². The highest BCUT2D eigenvalue weighted by atomic mass is 32.2. The van der Waals surface area contributed by atoms with E-state index >= 15 is 0 Å². The third kappa shape index (κ3) is 6.52. The molecule has 0 aromatic heterocycles. The first kappa shape index (κ1) is 21.7. The molecule has 0 spiro atoms. The molecule has 6 nitrogen and oxygen atoms in total. The van der Waals surface area contributed by atoms with Crippen LogP contribution in [0.15, 0.2) is 30.3 Å². The molecule has 2 heterocycles. The third-order valence-corrected chi connectivity index (χ3v) is 7.61. The maximum absolute atomic E-state index is 12.7. The Bertz CT molecular complexity index is 675. The Kier molecular flexibility index (Phi) is 8.29. The Morgan fingerprint density at radius 1 is 1.07 bits per heavy atom. The molecule has 0 radical (unpaired) electrons. The average molecular weight is 410 g/mol. The summed E-state index contributed by atoms with van der Waals surface area (Å²) in [6.07, 6.45) is 5.05. The van der Waals surface area contributed by atoms with Crippen LogP contribution in [0.2, 0.25) is 0 Å².